The summed E-state index contributed by atoms with van der Waals surface area (Å²) in [5.41, 5.74) is 2.18. The SMILES string of the molecule is Cc1cccc(N(N)C(=O)N(C)N)c1COc1ccn(-c2cnccn2)n1. The van der Waals surface area contributed by atoms with Crippen LogP contribution in [0.25, 0.3) is 5.82 Å². The number of benzene rings is 1. The lowest BCUT2D eigenvalue weighted by molar-refractivity contribution is 0.216. The first-order chi connectivity index (χ1) is 13.0. The molecule has 2 aromatic heterocycles. The molecule has 0 aliphatic heterocycles. The molecule has 0 saturated carbocycles. The Labute approximate surface area is 155 Å². The number of nitrogens with two attached hydrogens (primary N) is 2. The zero-order valence-electron chi connectivity index (χ0n) is 15.0. The van der Waals surface area contributed by atoms with E-state index in [0.717, 1.165) is 21.1 Å². The van der Waals surface area contributed by atoms with E-state index in [-0.39, 0.29) is 6.61 Å². The molecule has 3 aromatic rings. The van der Waals surface area contributed by atoms with Crippen molar-refractivity contribution in [1.82, 2.24) is 24.8 Å². The minimum absolute atomic E-state index is 0.175. The van der Waals surface area contributed by atoms with Crippen LogP contribution >= 0.6 is 0 Å². The first kappa shape index (κ1) is 18.3. The van der Waals surface area contributed by atoms with Crippen LogP contribution in [0, 0.1) is 6.92 Å². The number of hydrogen-bond donors (Lipinski definition) is 2. The topological polar surface area (TPSA) is 128 Å². The van der Waals surface area contributed by atoms with E-state index in [4.69, 9.17) is 16.4 Å². The van der Waals surface area contributed by atoms with Gasteiger partial charge in [-0.05, 0) is 18.6 Å². The van der Waals surface area contributed by atoms with Crippen molar-refractivity contribution in [3.8, 4) is 11.7 Å². The lowest BCUT2D eigenvalue weighted by Gasteiger charge is -2.24. The van der Waals surface area contributed by atoms with Gasteiger partial charge in [-0.15, -0.1) is 5.10 Å². The van der Waals surface area contributed by atoms with Crippen LogP contribution in [0.3, 0.4) is 0 Å². The van der Waals surface area contributed by atoms with Gasteiger partial charge in [-0.25, -0.2) is 31.2 Å². The summed E-state index contributed by atoms with van der Waals surface area (Å²) in [5.74, 6) is 12.4. The zero-order valence-corrected chi connectivity index (χ0v) is 15.0. The van der Waals surface area contributed by atoms with Crippen molar-refractivity contribution in [2.75, 3.05) is 12.1 Å². The number of carbonyl (C=O) groups is 1. The number of ether oxygens (including phenoxy) is 1. The van der Waals surface area contributed by atoms with Gasteiger partial charge in [-0.1, -0.05) is 12.1 Å². The smallest absolute Gasteiger partial charge is 0.352 e. The Kier molecular flexibility index (Phi) is 5.29. The van der Waals surface area contributed by atoms with Crippen molar-refractivity contribution < 1.29 is 9.53 Å². The first-order valence-corrected chi connectivity index (χ1v) is 8.08. The van der Waals surface area contributed by atoms with Crippen molar-refractivity contribution >= 4 is 11.7 Å². The molecule has 27 heavy (non-hydrogen) atoms. The van der Waals surface area contributed by atoms with Gasteiger partial charge in [0, 0.05) is 37.3 Å². The lowest BCUT2D eigenvalue weighted by Crippen LogP contribution is -2.49. The average molecular weight is 368 g/mol. The van der Waals surface area contributed by atoms with Gasteiger partial charge in [0.1, 0.15) is 6.61 Å². The summed E-state index contributed by atoms with van der Waals surface area (Å²) in [6.07, 6.45) is 6.49. The summed E-state index contributed by atoms with van der Waals surface area (Å²) in [6, 6.07) is 6.61. The highest BCUT2D eigenvalue weighted by atomic mass is 16.5. The third kappa shape index (κ3) is 4.02. The molecule has 10 nitrogen and oxygen atoms in total. The number of anilines is 1. The molecule has 2 amide bonds. The summed E-state index contributed by atoms with van der Waals surface area (Å²) in [4.78, 5) is 20.3. The first-order valence-electron chi connectivity index (χ1n) is 8.08. The van der Waals surface area contributed by atoms with E-state index in [0.29, 0.717) is 17.4 Å². The van der Waals surface area contributed by atoms with Crippen LogP contribution in [0.2, 0.25) is 0 Å². The van der Waals surface area contributed by atoms with E-state index in [1.165, 1.54) is 7.05 Å². The van der Waals surface area contributed by atoms with Crippen molar-refractivity contribution in [3.05, 3.63) is 60.2 Å². The van der Waals surface area contributed by atoms with Crippen molar-refractivity contribution in [2.24, 2.45) is 11.7 Å². The molecule has 0 radical (unpaired) electrons. The number of hydrazine groups is 2. The molecule has 0 aliphatic rings. The Bertz CT molecular complexity index is 926. The van der Waals surface area contributed by atoms with E-state index >= 15 is 0 Å². The predicted molar refractivity (Wildman–Crippen MR) is 98.7 cm³/mol. The number of amides is 2. The molecule has 4 N–H and O–H groups in total. The second-order valence-electron chi connectivity index (χ2n) is 5.79. The summed E-state index contributed by atoms with van der Waals surface area (Å²) in [6.45, 7) is 2.08. The van der Waals surface area contributed by atoms with Gasteiger partial charge in [-0.2, -0.15) is 0 Å². The van der Waals surface area contributed by atoms with Gasteiger partial charge in [-0.3, -0.25) is 9.99 Å². The van der Waals surface area contributed by atoms with E-state index in [9.17, 15) is 4.79 Å². The maximum atomic E-state index is 12.1. The highest BCUT2D eigenvalue weighted by molar-refractivity contribution is 5.91. The van der Waals surface area contributed by atoms with Gasteiger partial charge in [0.15, 0.2) is 5.82 Å². The van der Waals surface area contributed by atoms with Crippen LogP contribution in [0.4, 0.5) is 10.5 Å². The fraction of sp³-hybridized carbons (Fsp3) is 0.176. The predicted octanol–water partition coefficient (Wildman–Crippen LogP) is 1.16. The Morgan fingerprint density at radius 2 is 2.07 bits per heavy atom. The molecule has 0 spiro atoms. The standard InChI is InChI=1S/C17H20N8O2/c1-12-4-3-5-14(25(19)17(26)23(2)18)13(12)11-27-16-6-9-24(22-16)15-10-20-7-8-21-15/h3-10H,11,18-19H2,1-2H3. The minimum Gasteiger partial charge on any atom is -0.472 e. The van der Waals surface area contributed by atoms with E-state index in [1.807, 2.05) is 13.0 Å². The second kappa shape index (κ2) is 7.81. The Morgan fingerprint density at radius 1 is 1.26 bits per heavy atom. The van der Waals surface area contributed by atoms with Gasteiger partial charge in [0.2, 0.25) is 5.88 Å². The van der Waals surface area contributed by atoms with E-state index < -0.39 is 6.03 Å². The largest absolute Gasteiger partial charge is 0.472 e. The minimum atomic E-state index is -0.547. The molecular formula is C17H20N8O2. The molecule has 0 saturated heterocycles. The number of hydrogen-bond acceptors (Lipinski definition) is 7. The molecule has 0 aliphatic carbocycles. The number of nitrogens with zero attached hydrogens (tertiary/aromatic N) is 6. The molecule has 10 heteroatoms. The molecule has 3 rings (SSSR count). The number of aryl methyl sites for hydroxylation is 1. The average Bonchev–Trinajstić information content (AvgIpc) is 3.15. The van der Waals surface area contributed by atoms with Gasteiger partial charge in [0.25, 0.3) is 0 Å². The maximum Gasteiger partial charge on any atom is 0.352 e. The lowest BCUT2D eigenvalue weighted by atomic mass is 10.1. The Morgan fingerprint density at radius 3 is 2.78 bits per heavy atom. The van der Waals surface area contributed by atoms with Crippen LogP contribution in [0.5, 0.6) is 5.88 Å². The number of rotatable bonds is 5. The highest BCUT2D eigenvalue weighted by Gasteiger charge is 2.19. The molecule has 2 heterocycles. The number of urea groups is 1. The normalized spacial score (nSPS) is 10.5. The van der Waals surface area contributed by atoms with Crippen LogP contribution in [-0.2, 0) is 6.61 Å². The number of aromatic nitrogens is 4. The zero-order chi connectivity index (χ0) is 19.4. The summed E-state index contributed by atoms with van der Waals surface area (Å²) in [5, 5.41) is 6.22. The molecule has 0 bridgehead atoms. The fourth-order valence-corrected chi connectivity index (χ4v) is 2.44. The monoisotopic (exact) mass is 368 g/mol. The third-order valence-electron chi connectivity index (χ3n) is 3.87. The summed E-state index contributed by atoms with van der Waals surface area (Å²) < 4.78 is 7.35. The van der Waals surface area contributed by atoms with Gasteiger partial charge in [0.05, 0.1) is 11.9 Å². The highest BCUT2D eigenvalue weighted by Crippen LogP contribution is 2.24. The molecule has 140 valence electrons. The van der Waals surface area contributed by atoms with E-state index in [2.05, 4.69) is 15.1 Å². The number of carbonyl (C=O) groups excluding carboxylic acids is 1. The van der Waals surface area contributed by atoms with Crippen molar-refractivity contribution in [2.45, 2.75) is 13.5 Å². The van der Waals surface area contributed by atoms with Crippen molar-refractivity contribution in [3.63, 3.8) is 0 Å². The fourth-order valence-electron chi connectivity index (χ4n) is 2.44. The summed E-state index contributed by atoms with van der Waals surface area (Å²) in [7, 11) is 1.42. The molecule has 0 atom stereocenters. The second-order valence-corrected chi connectivity index (χ2v) is 5.79. The quantitative estimate of drug-likeness (QED) is 0.393. The van der Waals surface area contributed by atoms with Crippen molar-refractivity contribution in [1.29, 1.82) is 0 Å². The van der Waals surface area contributed by atoms with Crippen LogP contribution in [0.15, 0.2) is 49.1 Å². The molecule has 0 unspecified atom stereocenters. The van der Waals surface area contributed by atoms with E-state index in [1.54, 1.807) is 47.7 Å². The van der Waals surface area contributed by atoms with Crippen LogP contribution < -0.4 is 21.4 Å². The molecule has 0 fully saturated rings. The molecule has 1 aromatic carbocycles. The third-order valence-corrected chi connectivity index (χ3v) is 3.87. The summed E-state index contributed by atoms with van der Waals surface area (Å²) >= 11 is 0. The Hall–Kier alpha value is -3.50. The maximum absolute atomic E-state index is 12.1. The Balaban J connectivity index is 1.79. The van der Waals surface area contributed by atoms with Gasteiger partial charge < -0.3 is 4.74 Å². The van der Waals surface area contributed by atoms with Gasteiger partial charge >= 0.3 is 6.03 Å². The molecular weight excluding hydrogens is 348 g/mol. The van der Waals surface area contributed by atoms with Crippen LogP contribution in [0.1, 0.15) is 11.1 Å². The van der Waals surface area contributed by atoms with Crippen LogP contribution in [-0.4, -0.2) is 37.8 Å².